The van der Waals surface area contributed by atoms with Crippen LogP contribution in [0.15, 0.2) is 73.3 Å². The molecule has 0 saturated carbocycles. The highest BCUT2D eigenvalue weighted by Gasteiger charge is 2.33. The molecule has 0 aliphatic carbocycles. The lowest BCUT2D eigenvalue weighted by atomic mass is 9.92. The van der Waals surface area contributed by atoms with E-state index in [9.17, 15) is 13.9 Å². The summed E-state index contributed by atoms with van der Waals surface area (Å²) in [4.78, 5) is 3.86. The molecule has 0 radical (unpaired) electrons. The van der Waals surface area contributed by atoms with E-state index >= 15 is 0 Å². The third-order valence-corrected chi connectivity index (χ3v) is 4.88. The summed E-state index contributed by atoms with van der Waals surface area (Å²) in [5, 5.41) is 20.7. The van der Waals surface area contributed by atoms with Gasteiger partial charge in [-0.3, -0.25) is 0 Å². The number of nitrogens with zero attached hydrogens (tertiary/aromatic N) is 3. The molecule has 4 rings (SSSR count). The van der Waals surface area contributed by atoms with Gasteiger partial charge in [-0.05, 0) is 28.5 Å². The zero-order valence-corrected chi connectivity index (χ0v) is 15.6. The minimum atomic E-state index is -1.64. The number of aliphatic hydroxyl groups is 1. The minimum absolute atomic E-state index is 0.000381. The minimum Gasteiger partial charge on any atom is -0.382 e. The van der Waals surface area contributed by atoms with Crippen molar-refractivity contribution in [3.63, 3.8) is 0 Å². The van der Waals surface area contributed by atoms with Crippen LogP contribution in [0.25, 0.3) is 10.8 Å². The molecule has 0 amide bonds. The molecule has 1 aromatic heterocycles. The topological polar surface area (TPSA) is 63.0 Å². The molecule has 3 aromatic carbocycles. The van der Waals surface area contributed by atoms with Gasteiger partial charge in [0.15, 0.2) is 0 Å². The van der Waals surface area contributed by atoms with Crippen LogP contribution in [-0.4, -0.2) is 26.4 Å². The van der Waals surface area contributed by atoms with Crippen molar-refractivity contribution in [3.05, 3.63) is 96.1 Å². The van der Waals surface area contributed by atoms with E-state index in [0.717, 1.165) is 28.5 Å². The molecule has 5 nitrogen and oxygen atoms in total. The molecule has 0 bridgehead atoms. The number of nitrogens with one attached hydrogen (secondary N) is 1. The molecule has 0 spiro atoms. The number of hydrogen-bond acceptors (Lipinski definition) is 4. The van der Waals surface area contributed by atoms with Crippen LogP contribution in [0.1, 0.15) is 11.1 Å². The van der Waals surface area contributed by atoms with Gasteiger partial charge in [0.1, 0.15) is 29.9 Å². The maximum atomic E-state index is 14.4. The van der Waals surface area contributed by atoms with Gasteiger partial charge in [-0.1, -0.05) is 42.5 Å². The standard InChI is InChI=1S/C22H20F2N4O/c23-19-7-8-20(21(24)10-19)22(29,13-28-15-26-14-27-28)12-25-11-16-5-6-17-3-1-2-4-18(17)9-16/h1-10,14-15,25,29H,11-13H2. The van der Waals surface area contributed by atoms with Crippen LogP contribution in [0.5, 0.6) is 0 Å². The lowest BCUT2D eigenvalue weighted by Crippen LogP contribution is -2.42. The van der Waals surface area contributed by atoms with Gasteiger partial charge < -0.3 is 10.4 Å². The maximum absolute atomic E-state index is 14.4. The second-order valence-corrected chi connectivity index (χ2v) is 7.03. The lowest BCUT2D eigenvalue weighted by Gasteiger charge is -2.29. The molecule has 4 aromatic rings. The third-order valence-electron chi connectivity index (χ3n) is 4.88. The molecule has 1 unspecified atom stereocenters. The van der Waals surface area contributed by atoms with Gasteiger partial charge >= 0.3 is 0 Å². The van der Waals surface area contributed by atoms with Crippen molar-refractivity contribution < 1.29 is 13.9 Å². The molecule has 0 aliphatic heterocycles. The number of benzene rings is 3. The summed E-state index contributed by atoms with van der Waals surface area (Å²) in [6.07, 6.45) is 2.78. The first-order valence-electron chi connectivity index (χ1n) is 9.22. The summed E-state index contributed by atoms with van der Waals surface area (Å²) in [5.41, 5.74) is -0.603. The second-order valence-electron chi connectivity index (χ2n) is 7.03. The normalized spacial score (nSPS) is 13.5. The predicted molar refractivity (Wildman–Crippen MR) is 106 cm³/mol. The summed E-state index contributed by atoms with van der Waals surface area (Å²) in [7, 11) is 0. The lowest BCUT2D eigenvalue weighted by molar-refractivity contribution is 0.0117. The van der Waals surface area contributed by atoms with Crippen molar-refractivity contribution in [1.82, 2.24) is 20.1 Å². The van der Waals surface area contributed by atoms with Crippen LogP contribution in [-0.2, 0) is 18.7 Å². The maximum Gasteiger partial charge on any atom is 0.137 e. The molecule has 0 aliphatic rings. The fourth-order valence-corrected chi connectivity index (χ4v) is 3.45. The number of rotatable bonds is 7. The van der Waals surface area contributed by atoms with Gasteiger partial charge in [0.2, 0.25) is 0 Å². The summed E-state index contributed by atoms with van der Waals surface area (Å²) < 4.78 is 29.2. The Balaban J connectivity index is 1.54. The van der Waals surface area contributed by atoms with Crippen LogP contribution in [0.2, 0.25) is 0 Å². The van der Waals surface area contributed by atoms with E-state index in [1.54, 1.807) is 0 Å². The van der Waals surface area contributed by atoms with Crippen LogP contribution in [0.4, 0.5) is 8.78 Å². The molecule has 1 heterocycles. The number of aromatic nitrogens is 3. The Labute approximate surface area is 166 Å². The largest absolute Gasteiger partial charge is 0.382 e. The van der Waals surface area contributed by atoms with Crippen LogP contribution < -0.4 is 5.32 Å². The Bertz CT molecular complexity index is 1120. The third kappa shape index (κ3) is 4.31. The van der Waals surface area contributed by atoms with Crippen molar-refractivity contribution in [2.75, 3.05) is 6.54 Å². The highest BCUT2D eigenvalue weighted by Crippen LogP contribution is 2.26. The van der Waals surface area contributed by atoms with E-state index in [1.165, 1.54) is 23.4 Å². The second kappa shape index (κ2) is 8.06. The number of hydrogen-bond donors (Lipinski definition) is 2. The van der Waals surface area contributed by atoms with Crippen LogP contribution >= 0.6 is 0 Å². The zero-order chi connectivity index (χ0) is 20.3. The fourth-order valence-electron chi connectivity index (χ4n) is 3.45. The molecule has 2 N–H and O–H groups in total. The predicted octanol–water partition coefficient (Wildman–Crippen LogP) is 3.39. The average Bonchev–Trinajstić information content (AvgIpc) is 3.20. The van der Waals surface area contributed by atoms with Crippen LogP contribution in [0.3, 0.4) is 0 Å². The van der Waals surface area contributed by atoms with E-state index < -0.39 is 17.2 Å². The molecule has 1 atom stereocenters. The molecule has 148 valence electrons. The Hall–Kier alpha value is -3.16. The van der Waals surface area contributed by atoms with Crippen molar-refractivity contribution >= 4 is 10.8 Å². The Kier molecular flexibility index (Phi) is 5.33. The first kappa shape index (κ1) is 19.2. The smallest absolute Gasteiger partial charge is 0.137 e. The van der Waals surface area contributed by atoms with Crippen molar-refractivity contribution in [1.29, 1.82) is 0 Å². The summed E-state index contributed by atoms with van der Waals surface area (Å²) in [6, 6.07) is 17.3. The summed E-state index contributed by atoms with van der Waals surface area (Å²) in [5.74, 6) is -1.50. The van der Waals surface area contributed by atoms with Gasteiger partial charge in [0, 0.05) is 24.7 Å². The summed E-state index contributed by atoms with van der Waals surface area (Å²) >= 11 is 0. The van der Waals surface area contributed by atoms with Gasteiger partial charge in [0.05, 0.1) is 6.54 Å². The highest BCUT2D eigenvalue weighted by atomic mass is 19.1. The Morgan fingerprint density at radius 3 is 2.59 bits per heavy atom. The van der Waals surface area contributed by atoms with Crippen molar-refractivity contribution in [2.24, 2.45) is 0 Å². The molecule has 29 heavy (non-hydrogen) atoms. The van der Waals surface area contributed by atoms with E-state index in [4.69, 9.17) is 0 Å². The Morgan fingerprint density at radius 1 is 1.00 bits per heavy atom. The SMILES string of the molecule is OC(CNCc1ccc2ccccc2c1)(Cn1cncn1)c1ccc(F)cc1F. The monoisotopic (exact) mass is 394 g/mol. The van der Waals surface area contributed by atoms with Gasteiger partial charge in [-0.2, -0.15) is 5.10 Å². The van der Waals surface area contributed by atoms with E-state index in [1.807, 2.05) is 36.4 Å². The first-order chi connectivity index (χ1) is 14.0. The van der Waals surface area contributed by atoms with E-state index in [0.29, 0.717) is 6.54 Å². The molecule has 7 heteroatoms. The summed E-state index contributed by atoms with van der Waals surface area (Å²) in [6.45, 7) is 0.496. The van der Waals surface area contributed by atoms with E-state index in [-0.39, 0.29) is 18.7 Å². The Morgan fingerprint density at radius 2 is 1.83 bits per heavy atom. The van der Waals surface area contributed by atoms with Gasteiger partial charge in [0.25, 0.3) is 0 Å². The van der Waals surface area contributed by atoms with E-state index in [2.05, 4.69) is 21.5 Å². The molecular weight excluding hydrogens is 374 g/mol. The van der Waals surface area contributed by atoms with Gasteiger partial charge in [-0.25, -0.2) is 18.4 Å². The molecular formula is C22H20F2N4O. The molecule has 0 fully saturated rings. The van der Waals surface area contributed by atoms with Gasteiger partial charge in [-0.15, -0.1) is 0 Å². The van der Waals surface area contributed by atoms with Crippen LogP contribution in [0, 0.1) is 11.6 Å². The zero-order valence-electron chi connectivity index (χ0n) is 15.6. The highest BCUT2D eigenvalue weighted by molar-refractivity contribution is 5.82. The number of fused-ring (bicyclic) bond motifs is 1. The fraction of sp³-hybridized carbons (Fsp3) is 0.182. The number of halogens is 2. The molecule has 0 saturated heterocycles. The quantitative estimate of drug-likeness (QED) is 0.504. The van der Waals surface area contributed by atoms with Crippen molar-refractivity contribution in [2.45, 2.75) is 18.7 Å². The van der Waals surface area contributed by atoms with Crippen molar-refractivity contribution in [3.8, 4) is 0 Å². The average molecular weight is 394 g/mol. The first-order valence-corrected chi connectivity index (χ1v) is 9.22.